The lowest BCUT2D eigenvalue weighted by atomic mass is 9.81. The molecule has 0 aromatic heterocycles. The smallest absolute Gasteiger partial charge is 0.419 e. The fraction of sp³-hybridized carbons (Fsp3) is 0.258. The van der Waals surface area contributed by atoms with E-state index in [0.717, 1.165) is 47.5 Å². The first kappa shape index (κ1) is 25.8. The minimum absolute atomic E-state index is 0.0457. The second kappa shape index (κ2) is 11.3. The summed E-state index contributed by atoms with van der Waals surface area (Å²) in [6.07, 6.45) is -3.53. The average molecular weight is 519 g/mol. The quantitative estimate of drug-likeness (QED) is 0.291. The van der Waals surface area contributed by atoms with Crippen LogP contribution < -0.4 is 15.4 Å². The number of halogens is 3. The van der Waals surface area contributed by atoms with Crippen LogP contribution in [-0.4, -0.2) is 25.5 Å². The number of benzene rings is 4. The predicted octanol–water partition coefficient (Wildman–Crippen LogP) is 6.56. The van der Waals surface area contributed by atoms with Crippen molar-refractivity contribution in [2.75, 3.05) is 19.6 Å². The van der Waals surface area contributed by atoms with Crippen molar-refractivity contribution in [3.8, 4) is 5.75 Å². The van der Waals surface area contributed by atoms with Gasteiger partial charge in [0, 0.05) is 18.7 Å². The molecule has 2 N–H and O–H groups in total. The third kappa shape index (κ3) is 5.83. The van der Waals surface area contributed by atoms with Gasteiger partial charge in [0.1, 0.15) is 12.4 Å². The summed E-state index contributed by atoms with van der Waals surface area (Å²) in [6, 6.07) is 26.7. The Kier molecular flexibility index (Phi) is 7.65. The van der Waals surface area contributed by atoms with Gasteiger partial charge in [-0.3, -0.25) is 4.79 Å². The van der Waals surface area contributed by atoms with Crippen LogP contribution in [0, 0.1) is 5.92 Å². The maximum Gasteiger partial charge on any atom is 0.419 e. The van der Waals surface area contributed by atoms with E-state index in [1.165, 1.54) is 18.2 Å². The van der Waals surface area contributed by atoms with E-state index < -0.39 is 11.7 Å². The molecule has 0 spiro atoms. The number of carbonyl (C=O) groups is 1. The van der Waals surface area contributed by atoms with Crippen molar-refractivity contribution in [3.05, 3.63) is 113 Å². The lowest BCUT2D eigenvalue weighted by Gasteiger charge is -2.33. The molecule has 1 saturated heterocycles. The van der Waals surface area contributed by atoms with Gasteiger partial charge in [-0.2, -0.15) is 13.2 Å². The number of hydrogen-bond donors (Lipinski definition) is 2. The summed E-state index contributed by atoms with van der Waals surface area (Å²) in [7, 11) is 0. The van der Waals surface area contributed by atoms with Crippen molar-refractivity contribution in [3.63, 3.8) is 0 Å². The van der Waals surface area contributed by atoms with Crippen molar-refractivity contribution < 1.29 is 22.7 Å². The number of ether oxygens (including phenoxy) is 1. The third-order valence-corrected chi connectivity index (χ3v) is 7.16. The number of rotatable bonds is 7. The van der Waals surface area contributed by atoms with Gasteiger partial charge in [-0.25, -0.2) is 0 Å². The Morgan fingerprint density at radius 2 is 1.66 bits per heavy atom. The zero-order valence-electron chi connectivity index (χ0n) is 20.8. The largest absolute Gasteiger partial charge is 0.488 e. The van der Waals surface area contributed by atoms with Crippen LogP contribution in [0.2, 0.25) is 0 Å². The van der Waals surface area contributed by atoms with Crippen molar-refractivity contribution in [2.24, 2.45) is 5.92 Å². The second-order valence-electron chi connectivity index (χ2n) is 9.62. The van der Waals surface area contributed by atoms with Gasteiger partial charge in [0.2, 0.25) is 0 Å². The molecular weight excluding hydrogens is 489 g/mol. The number of amides is 1. The SMILES string of the molecule is O=C(NCC1CNCCC1c1ccc(COc2ccccc2C(F)(F)F)cc1)c1cccc2ccccc12. The molecule has 1 fully saturated rings. The molecule has 0 radical (unpaired) electrons. The first-order valence-corrected chi connectivity index (χ1v) is 12.7. The lowest BCUT2D eigenvalue weighted by Crippen LogP contribution is -2.42. The molecule has 1 heterocycles. The Hall–Kier alpha value is -3.84. The van der Waals surface area contributed by atoms with Crippen molar-refractivity contribution >= 4 is 16.7 Å². The molecule has 1 aliphatic heterocycles. The number of alkyl halides is 3. The molecule has 1 aliphatic rings. The van der Waals surface area contributed by atoms with Crippen LogP contribution in [-0.2, 0) is 12.8 Å². The Morgan fingerprint density at radius 3 is 2.47 bits per heavy atom. The van der Waals surface area contributed by atoms with Gasteiger partial charge in [-0.05, 0) is 64.9 Å². The van der Waals surface area contributed by atoms with Crippen LogP contribution in [0.3, 0.4) is 0 Å². The van der Waals surface area contributed by atoms with Crippen LogP contribution in [0.1, 0.15) is 39.4 Å². The molecule has 4 aromatic rings. The highest BCUT2D eigenvalue weighted by atomic mass is 19.4. The summed E-state index contributed by atoms with van der Waals surface area (Å²) >= 11 is 0. The Morgan fingerprint density at radius 1 is 0.921 bits per heavy atom. The summed E-state index contributed by atoms with van der Waals surface area (Å²) in [5.41, 5.74) is 1.83. The lowest BCUT2D eigenvalue weighted by molar-refractivity contribution is -0.139. The topological polar surface area (TPSA) is 50.4 Å². The van der Waals surface area contributed by atoms with Gasteiger partial charge >= 0.3 is 6.18 Å². The molecule has 5 rings (SSSR count). The van der Waals surface area contributed by atoms with E-state index in [4.69, 9.17) is 4.74 Å². The number of hydrogen-bond acceptors (Lipinski definition) is 3. The molecule has 196 valence electrons. The Bertz CT molecular complexity index is 1400. The monoisotopic (exact) mass is 518 g/mol. The standard InChI is InChI=1S/C31H29F3N2O2/c32-31(33,34)28-10-3-4-11-29(28)38-20-21-12-14-23(15-13-21)25-16-17-35-18-24(25)19-36-30(37)27-9-5-7-22-6-1-2-8-26(22)27/h1-15,24-25,35H,16-20H2,(H,36,37). The molecule has 1 amide bonds. The van der Waals surface area contributed by atoms with E-state index in [1.807, 2.05) is 66.7 Å². The Balaban J connectivity index is 1.23. The van der Waals surface area contributed by atoms with E-state index in [2.05, 4.69) is 10.6 Å². The first-order valence-electron chi connectivity index (χ1n) is 12.7. The average Bonchev–Trinajstić information content (AvgIpc) is 2.94. The van der Waals surface area contributed by atoms with E-state index in [1.54, 1.807) is 0 Å². The number of fused-ring (bicyclic) bond motifs is 1. The van der Waals surface area contributed by atoms with E-state index in [9.17, 15) is 18.0 Å². The van der Waals surface area contributed by atoms with Gasteiger partial charge in [-0.1, -0.05) is 72.8 Å². The van der Waals surface area contributed by atoms with Crippen molar-refractivity contribution in [2.45, 2.75) is 25.1 Å². The van der Waals surface area contributed by atoms with Crippen molar-refractivity contribution in [1.82, 2.24) is 10.6 Å². The van der Waals surface area contributed by atoms with E-state index >= 15 is 0 Å². The summed E-state index contributed by atoms with van der Waals surface area (Å²) in [5, 5.41) is 8.53. The van der Waals surface area contributed by atoms with E-state index in [-0.39, 0.29) is 30.1 Å². The van der Waals surface area contributed by atoms with Crippen LogP contribution in [0.15, 0.2) is 91.0 Å². The molecule has 38 heavy (non-hydrogen) atoms. The maximum atomic E-state index is 13.2. The molecule has 4 aromatic carbocycles. The van der Waals surface area contributed by atoms with Gasteiger partial charge in [-0.15, -0.1) is 0 Å². The molecule has 4 nitrogen and oxygen atoms in total. The van der Waals surface area contributed by atoms with Gasteiger partial charge in [0.15, 0.2) is 0 Å². The Labute approximate surface area is 219 Å². The van der Waals surface area contributed by atoms with Gasteiger partial charge < -0.3 is 15.4 Å². The van der Waals surface area contributed by atoms with Gasteiger partial charge in [0.25, 0.3) is 5.91 Å². The third-order valence-electron chi connectivity index (χ3n) is 7.16. The maximum absolute atomic E-state index is 13.2. The number of piperidine rings is 1. The molecule has 7 heteroatoms. The zero-order chi connectivity index (χ0) is 26.5. The summed E-state index contributed by atoms with van der Waals surface area (Å²) < 4.78 is 45.2. The normalized spacial score (nSPS) is 17.8. The second-order valence-corrected chi connectivity index (χ2v) is 9.62. The summed E-state index contributed by atoms with van der Waals surface area (Å²) in [5.74, 6) is 0.204. The highest BCUT2D eigenvalue weighted by molar-refractivity contribution is 6.07. The molecule has 2 unspecified atom stereocenters. The molecule has 0 bridgehead atoms. The highest BCUT2D eigenvalue weighted by Gasteiger charge is 2.34. The minimum atomic E-state index is -4.46. The van der Waals surface area contributed by atoms with Crippen LogP contribution in [0.25, 0.3) is 10.8 Å². The molecular formula is C31H29F3N2O2. The first-order chi connectivity index (χ1) is 18.4. The predicted molar refractivity (Wildman–Crippen MR) is 142 cm³/mol. The van der Waals surface area contributed by atoms with Crippen LogP contribution in [0.4, 0.5) is 13.2 Å². The van der Waals surface area contributed by atoms with Crippen LogP contribution >= 0.6 is 0 Å². The fourth-order valence-electron chi connectivity index (χ4n) is 5.17. The zero-order valence-corrected chi connectivity index (χ0v) is 20.8. The molecule has 0 saturated carbocycles. The molecule has 0 aliphatic carbocycles. The minimum Gasteiger partial charge on any atom is -0.488 e. The number of para-hydroxylation sites is 1. The summed E-state index contributed by atoms with van der Waals surface area (Å²) in [6.45, 7) is 2.26. The highest BCUT2D eigenvalue weighted by Crippen LogP contribution is 2.36. The summed E-state index contributed by atoms with van der Waals surface area (Å²) in [4.78, 5) is 13.0. The van der Waals surface area contributed by atoms with Crippen LogP contribution in [0.5, 0.6) is 5.75 Å². The van der Waals surface area contributed by atoms with E-state index in [0.29, 0.717) is 12.1 Å². The van der Waals surface area contributed by atoms with Gasteiger partial charge in [0.05, 0.1) is 5.56 Å². The molecule has 2 atom stereocenters. The number of carbonyl (C=O) groups excluding carboxylic acids is 1. The number of nitrogens with one attached hydrogen (secondary N) is 2. The van der Waals surface area contributed by atoms with Crippen molar-refractivity contribution in [1.29, 1.82) is 0 Å². The fourth-order valence-corrected chi connectivity index (χ4v) is 5.17.